The van der Waals surface area contributed by atoms with Crippen molar-refractivity contribution in [2.75, 3.05) is 5.43 Å². The number of hydrogen-bond acceptors (Lipinski definition) is 3. The van der Waals surface area contributed by atoms with Crippen molar-refractivity contribution >= 4 is 40.0 Å². The maximum absolute atomic E-state index is 10.7. The van der Waals surface area contributed by atoms with E-state index in [1.807, 2.05) is 6.92 Å². The zero-order valence-electron chi connectivity index (χ0n) is 7.37. The van der Waals surface area contributed by atoms with Crippen molar-refractivity contribution in [1.82, 2.24) is 0 Å². The summed E-state index contributed by atoms with van der Waals surface area (Å²) in [5.41, 5.74) is 3.76. The average molecular weight is 282 g/mol. The number of nitrogens with one attached hydrogen (secondary N) is 1. The van der Waals surface area contributed by atoms with Gasteiger partial charge in [-0.1, -0.05) is 15.9 Å². The predicted octanol–water partition coefficient (Wildman–Crippen LogP) is 2.16. The number of aryl methyl sites for hydroxylation is 1. The molecule has 0 fully saturated rings. The van der Waals surface area contributed by atoms with E-state index in [2.05, 4.69) is 21.4 Å². The minimum atomic E-state index is -0.997. The molecule has 0 saturated carbocycles. The molecule has 0 spiro atoms. The van der Waals surface area contributed by atoms with Gasteiger partial charge in [0.15, 0.2) is 0 Å². The lowest BCUT2D eigenvalue weighted by atomic mass is 10.1. The van der Waals surface area contributed by atoms with Gasteiger partial charge < -0.3 is 10.5 Å². The number of benzene rings is 1. The standard InChI is InChI=1S/C8H9BrN2O2.ClH/c1-4-2-5(8(12)13)7(11-10)3-6(4)9;/h2-3,11H,10H2,1H3,(H,12,13);1H. The van der Waals surface area contributed by atoms with Crippen LogP contribution in [0.2, 0.25) is 0 Å². The fourth-order valence-corrected chi connectivity index (χ4v) is 1.32. The molecule has 1 rings (SSSR count). The van der Waals surface area contributed by atoms with Crippen molar-refractivity contribution in [2.45, 2.75) is 6.92 Å². The van der Waals surface area contributed by atoms with Gasteiger partial charge in [0.1, 0.15) is 0 Å². The van der Waals surface area contributed by atoms with Gasteiger partial charge in [-0.05, 0) is 24.6 Å². The summed E-state index contributed by atoms with van der Waals surface area (Å²) >= 11 is 3.28. The van der Waals surface area contributed by atoms with Crippen LogP contribution in [-0.2, 0) is 0 Å². The molecule has 4 nitrogen and oxygen atoms in total. The molecule has 1 aromatic rings. The second-order valence-corrected chi connectivity index (χ2v) is 3.45. The summed E-state index contributed by atoms with van der Waals surface area (Å²) in [7, 11) is 0. The summed E-state index contributed by atoms with van der Waals surface area (Å²) < 4.78 is 0.824. The number of nitrogen functional groups attached to an aromatic ring is 1. The van der Waals surface area contributed by atoms with Gasteiger partial charge in [0.25, 0.3) is 0 Å². The van der Waals surface area contributed by atoms with Gasteiger partial charge in [-0.15, -0.1) is 12.4 Å². The Bertz CT molecular complexity index is 357. The van der Waals surface area contributed by atoms with Gasteiger partial charge in [0.05, 0.1) is 11.3 Å². The van der Waals surface area contributed by atoms with Crippen LogP contribution in [0.1, 0.15) is 15.9 Å². The lowest BCUT2D eigenvalue weighted by Crippen LogP contribution is -2.12. The first-order chi connectivity index (χ1) is 6.06. The second kappa shape index (κ2) is 5.19. The molecule has 78 valence electrons. The Morgan fingerprint density at radius 1 is 1.57 bits per heavy atom. The summed E-state index contributed by atoms with van der Waals surface area (Å²) in [5, 5.41) is 8.80. The molecule has 6 heteroatoms. The first-order valence-electron chi connectivity index (χ1n) is 3.56. The molecule has 0 saturated heterocycles. The topological polar surface area (TPSA) is 75.3 Å². The van der Waals surface area contributed by atoms with Gasteiger partial charge in [0.2, 0.25) is 0 Å². The molecule has 4 N–H and O–H groups in total. The van der Waals surface area contributed by atoms with Crippen LogP contribution in [0.4, 0.5) is 5.69 Å². The number of carboxylic acid groups (broad SMARTS) is 1. The van der Waals surface area contributed by atoms with E-state index in [4.69, 9.17) is 10.9 Å². The van der Waals surface area contributed by atoms with Crippen molar-refractivity contribution in [3.63, 3.8) is 0 Å². The third-order valence-corrected chi connectivity index (χ3v) is 2.54. The molecule has 14 heavy (non-hydrogen) atoms. The summed E-state index contributed by atoms with van der Waals surface area (Å²) in [6, 6.07) is 3.19. The Morgan fingerprint density at radius 3 is 2.57 bits per heavy atom. The Balaban J connectivity index is 0.00000169. The fourth-order valence-electron chi connectivity index (χ4n) is 0.978. The summed E-state index contributed by atoms with van der Waals surface area (Å²) in [6.07, 6.45) is 0. The largest absolute Gasteiger partial charge is 0.478 e. The monoisotopic (exact) mass is 280 g/mol. The van der Waals surface area contributed by atoms with Gasteiger partial charge in [0, 0.05) is 4.47 Å². The number of rotatable bonds is 2. The molecule has 0 aromatic heterocycles. The fraction of sp³-hybridized carbons (Fsp3) is 0.125. The van der Waals surface area contributed by atoms with E-state index in [1.54, 1.807) is 12.1 Å². The highest BCUT2D eigenvalue weighted by molar-refractivity contribution is 9.10. The zero-order chi connectivity index (χ0) is 10.0. The van der Waals surface area contributed by atoms with Crippen LogP contribution in [0.25, 0.3) is 0 Å². The molecule has 0 aliphatic rings. The van der Waals surface area contributed by atoms with Gasteiger partial charge in [-0.25, -0.2) is 4.79 Å². The highest BCUT2D eigenvalue weighted by atomic mass is 79.9. The van der Waals surface area contributed by atoms with Crippen molar-refractivity contribution in [1.29, 1.82) is 0 Å². The lowest BCUT2D eigenvalue weighted by Gasteiger charge is -2.07. The summed E-state index contributed by atoms with van der Waals surface area (Å²) in [5.74, 6) is 4.18. The van der Waals surface area contributed by atoms with Gasteiger partial charge in [-0.3, -0.25) is 5.84 Å². The Hall–Kier alpha value is -0.780. The van der Waals surface area contributed by atoms with Crippen LogP contribution in [0.5, 0.6) is 0 Å². The third kappa shape index (κ3) is 2.60. The molecular weight excluding hydrogens is 271 g/mol. The molecule has 0 amide bonds. The first-order valence-corrected chi connectivity index (χ1v) is 4.35. The van der Waals surface area contributed by atoms with Crippen LogP contribution in [-0.4, -0.2) is 11.1 Å². The molecule has 1 aromatic carbocycles. The number of hydrazine groups is 1. The summed E-state index contributed by atoms with van der Waals surface area (Å²) in [4.78, 5) is 10.7. The number of nitrogens with two attached hydrogens (primary N) is 1. The number of hydrogen-bond donors (Lipinski definition) is 3. The van der Waals surface area contributed by atoms with Gasteiger partial charge >= 0.3 is 5.97 Å². The summed E-state index contributed by atoms with van der Waals surface area (Å²) in [6.45, 7) is 1.82. The van der Waals surface area contributed by atoms with Crippen LogP contribution in [0.3, 0.4) is 0 Å². The quantitative estimate of drug-likeness (QED) is 0.573. The van der Waals surface area contributed by atoms with Crippen molar-refractivity contribution in [2.24, 2.45) is 5.84 Å². The predicted molar refractivity (Wildman–Crippen MR) is 60.9 cm³/mol. The van der Waals surface area contributed by atoms with Crippen molar-refractivity contribution in [3.8, 4) is 0 Å². The number of carbonyl (C=O) groups is 1. The Labute approximate surface area is 96.0 Å². The molecule has 0 radical (unpaired) electrons. The number of halogens is 2. The first kappa shape index (κ1) is 13.2. The van der Waals surface area contributed by atoms with E-state index in [0.717, 1.165) is 10.0 Å². The Kier molecular flexibility index (Phi) is 4.90. The normalized spacial score (nSPS) is 9.07. The van der Waals surface area contributed by atoms with Crippen LogP contribution in [0.15, 0.2) is 16.6 Å². The molecule has 0 unspecified atom stereocenters. The SMILES string of the molecule is Cc1cc(C(=O)O)c(NN)cc1Br.Cl. The Morgan fingerprint density at radius 2 is 2.14 bits per heavy atom. The molecule has 0 bridgehead atoms. The molecule has 0 aliphatic heterocycles. The number of anilines is 1. The number of carboxylic acids is 1. The van der Waals surface area contributed by atoms with Crippen LogP contribution < -0.4 is 11.3 Å². The maximum atomic E-state index is 10.7. The smallest absolute Gasteiger partial charge is 0.337 e. The van der Waals surface area contributed by atoms with Crippen LogP contribution >= 0.6 is 28.3 Å². The van der Waals surface area contributed by atoms with E-state index in [9.17, 15) is 4.79 Å². The van der Waals surface area contributed by atoms with Crippen LogP contribution in [0, 0.1) is 6.92 Å². The van der Waals surface area contributed by atoms with E-state index in [0.29, 0.717) is 5.69 Å². The highest BCUT2D eigenvalue weighted by Gasteiger charge is 2.11. The zero-order valence-corrected chi connectivity index (χ0v) is 9.78. The average Bonchev–Trinajstić information content (AvgIpc) is 2.08. The minimum absolute atomic E-state index is 0. The van der Waals surface area contributed by atoms with E-state index in [-0.39, 0.29) is 18.0 Å². The van der Waals surface area contributed by atoms with Crippen molar-refractivity contribution in [3.05, 3.63) is 27.7 Å². The van der Waals surface area contributed by atoms with E-state index >= 15 is 0 Å². The number of aromatic carboxylic acids is 1. The molecule has 0 heterocycles. The maximum Gasteiger partial charge on any atom is 0.337 e. The lowest BCUT2D eigenvalue weighted by molar-refractivity contribution is 0.0698. The van der Waals surface area contributed by atoms with Crippen molar-refractivity contribution < 1.29 is 9.90 Å². The molecule has 0 aliphatic carbocycles. The molecule has 0 atom stereocenters. The van der Waals surface area contributed by atoms with E-state index in [1.165, 1.54) is 0 Å². The highest BCUT2D eigenvalue weighted by Crippen LogP contribution is 2.24. The third-order valence-electron chi connectivity index (χ3n) is 1.68. The van der Waals surface area contributed by atoms with Gasteiger partial charge in [-0.2, -0.15) is 0 Å². The molecular formula is C8H10BrClN2O2. The van der Waals surface area contributed by atoms with E-state index < -0.39 is 5.97 Å². The minimum Gasteiger partial charge on any atom is -0.478 e. The second-order valence-electron chi connectivity index (χ2n) is 2.60.